The Morgan fingerprint density at radius 1 is 1.50 bits per heavy atom. The topological polar surface area (TPSA) is 66.0 Å². The number of guanidine groups is 1. The van der Waals surface area contributed by atoms with Gasteiger partial charge in [-0.15, -0.1) is 24.0 Å². The van der Waals surface area contributed by atoms with Crippen LogP contribution >= 0.6 is 24.0 Å². The van der Waals surface area contributed by atoms with Crippen molar-refractivity contribution in [2.45, 2.75) is 13.5 Å². The van der Waals surface area contributed by atoms with Crippen LogP contribution in [0.5, 0.6) is 0 Å². The number of nitrogens with zero attached hydrogens (tertiary/aromatic N) is 2. The molecule has 0 aromatic carbocycles. The Kier molecular flexibility index (Phi) is 6.18. The fourth-order valence-electron chi connectivity index (χ4n) is 1.08. The third-order valence-electron chi connectivity index (χ3n) is 1.85. The van der Waals surface area contributed by atoms with Crippen molar-refractivity contribution in [3.05, 3.63) is 30.1 Å². The van der Waals surface area contributed by atoms with Gasteiger partial charge < -0.3 is 10.6 Å². The molecule has 1 aromatic heterocycles. The van der Waals surface area contributed by atoms with Crippen LogP contribution in [0.4, 0.5) is 0 Å². The minimum atomic E-state index is 0. The van der Waals surface area contributed by atoms with E-state index in [2.05, 4.69) is 4.98 Å². The van der Waals surface area contributed by atoms with Crippen molar-refractivity contribution in [3.8, 4) is 0 Å². The molecule has 0 saturated heterocycles. The lowest BCUT2D eigenvalue weighted by Gasteiger charge is -2.20. The van der Waals surface area contributed by atoms with Crippen molar-refractivity contribution >= 4 is 29.9 Å². The Balaban J connectivity index is 0.00000169. The largest absolute Gasteiger partial charge is 0.370 e. The van der Waals surface area contributed by atoms with Gasteiger partial charge in [-0.3, -0.25) is 10.4 Å². The number of hydrogen-bond donors (Lipinski definition) is 2. The Labute approximate surface area is 101 Å². The lowest BCUT2D eigenvalue weighted by atomic mass is 10.2. The van der Waals surface area contributed by atoms with Crippen LogP contribution in [0.1, 0.15) is 12.5 Å². The maximum atomic E-state index is 7.29. The van der Waals surface area contributed by atoms with E-state index in [-0.39, 0.29) is 29.9 Å². The molecule has 0 radical (unpaired) electrons. The van der Waals surface area contributed by atoms with Crippen LogP contribution in [-0.2, 0) is 6.54 Å². The molecule has 1 rings (SSSR count). The summed E-state index contributed by atoms with van der Waals surface area (Å²) in [6, 6.07) is 3.84. The Hall–Kier alpha value is -0.850. The molecule has 0 bridgehead atoms. The molecule has 3 N–H and O–H groups in total. The van der Waals surface area contributed by atoms with Gasteiger partial charge in [0.15, 0.2) is 5.96 Å². The zero-order valence-corrected chi connectivity index (χ0v) is 10.4. The van der Waals surface area contributed by atoms with Gasteiger partial charge in [0.2, 0.25) is 0 Å². The first-order valence-electron chi connectivity index (χ1n) is 4.22. The molecule has 14 heavy (non-hydrogen) atoms. The summed E-state index contributed by atoms with van der Waals surface area (Å²) in [5, 5.41) is 7.29. The second-order valence-corrected chi connectivity index (χ2v) is 2.75. The van der Waals surface area contributed by atoms with Gasteiger partial charge in [0.1, 0.15) is 0 Å². The average molecular weight is 306 g/mol. The molecule has 0 saturated carbocycles. The first kappa shape index (κ1) is 13.2. The van der Waals surface area contributed by atoms with Crippen molar-refractivity contribution in [2.24, 2.45) is 5.73 Å². The van der Waals surface area contributed by atoms with Crippen molar-refractivity contribution in [1.29, 1.82) is 5.41 Å². The first-order chi connectivity index (χ1) is 6.24. The summed E-state index contributed by atoms with van der Waals surface area (Å²) in [4.78, 5) is 5.71. The van der Waals surface area contributed by atoms with Crippen molar-refractivity contribution in [1.82, 2.24) is 9.88 Å². The quantitative estimate of drug-likeness (QED) is 0.504. The van der Waals surface area contributed by atoms with E-state index in [4.69, 9.17) is 11.1 Å². The second kappa shape index (κ2) is 6.58. The summed E-state index contributed by atoms with van der Waals surface area (Å²) < 4.78 is 0. The third-order valence-corrected chi connectivity index (χ3v) is 1.85. The standard InChI is InChI=1S/C9H14N4.HI/c1-2-13(9(10)11)7-8-3-5-12-6-4-8;/h3-6H,2,7H2,1H3,(H3,10,11);1H. The fraction of sp³-hybridized carbons (Fsp3) is 0.333. The normalized spacial score (nSPS) is 8.93. The smallest absolute Gasteiger partial charge is 0.188 e. The average Bonchev–Trinajstić information content (AvgIpc) is 2.15. The van der Waals surface area contributed by atoms with Gasteiger partial charge >= 0.3 is 0 Å². The summed E-state index contributed by atoms with van der Waals surface area (Å²) in [6.07, 6.45) is 3.48. The molecule has 0 spiro atoms. The van der Waals surface area contributed by atoms with Crippen LogP contribution in [0.25, 0.3) is 0 Å². The maximum absolute atomic E-state index is 7.29. The third kappa shape index (κ3) is 3.91. The van der Waals surface area contributed by atoms with E-state index in [0.717, 1.165) is 12.1 Å². The van der Waals surface area contributed by atoms with E-state index >= 15 is 0 Å². The minimum absolute atomic E-state index is 0. The molecule has 0 aliphatic carbocycles. The van der Waals surface area contributed by atoms with E-state index in [1.807, 2.05) is 19.1 Å². The molecule has 78 valence electrons. The predicted octanol–water partition coefficient (Wildman–Crippen LogP) is 1.41. The molecule has 4 nitrogen and oxygen atoms in total. The van der Waals surface area contributed by atoms with Crippen LogP contribution in [0.2, 0.25) is 0 Å². The molecular weight excluding hydrogens is 291 g/mol. The van der Waals surface area contributed by atoms with Crippen molar-refractivity contribution in [2.75, 3.05) is 6.54 Å². The number of nitrogens with one attached hydrogen (secondary N) is 1. The highest BCUT2D eigenvalue weighted by Gasteiger charge is 2.03. The Morgan fingerprint density at radius 3 is 2.50 bits per heavy atom. The lowest BCUT2D eigenvalue weighted by molar-refractivity contribution is 0.427. The number of halogens is 1. The lowest BCUT2D eigenvalue weighted by Crippen LogP contribution is -2.35. The van der Waals surface area contributed by atoms with Gasteiger partial charge in [0.05, 0.1) is 0 Å². The van der Waals surface area contributed by atoms with E-state index in [1.165, 1.54) is 0 Å². The molecule has 0 unspecified atom stereocenters. The highest BCUT2D eigenvalue weighted by molar-refractivity contribution is 14.0. The zero-order valence-electron chi connectivity index (χ0n) is 8.10. The molecular formula is C9H15IN4. The van der Waals surface area contributed by atoms with Gasteiger partial charge in [0, 0.05) is 25.5 Å². The van der Waals surface area contributed by atoms with E-state index in [1.54, 1.807) is 17.3 Å². The van der Waals surface area contributed by atoms with Gasteiger partial charge in [-0.1, -0.05) is 0 Å². The summed E-state index contributed by atoms with van der Waals surface area (Å²) in [5.74, 6) is 0.110. The maximum Gasteiger partial charge on any atom is 0.188 e. The van der Waals surface area contributed by atoms with Crippen LogP contribution in [0.15, 0.2) is 24.5 Å². The van der Waals surface area contributed by atoms with Gasteiger partial charge in [-0.05, 0) is 24.6 Å². The first-order valence-corrected chi connectivity index (χ1v) is 4.22. The van der Waals surface area contributed by atoms with E-state index < -0.39 is 0 Å². The number of aromatic nitrogens is 1. The van der Waals surface area contributed by atoms with Gasteiger partial charge in [-0.25, -0.2) is 0 Å². The molecule has 0 amide bonds. The molecule has 5 heteroatoms. The predicted molar refractivity (Wildman–Crippen MR) is 67.7 cm³/mol. The van der Waals surface area contributed by atoms with Gasteiger partial charge in [-0.2, -0.15) is 0 Å². The molecule has 1 aromatic rings. The SMILES string of the molecule is CCN(Cc1ccncc1)C(=N)N.I. The second-order valence-electron chi connectivity index (χ2n) is 2.75. The Morgan fingerprint density at radius 2 is 2.07 bits per heavy atom. The van der Waals surface area contributed by atoms with Crippen LogP contribution in [0.3, 0.4) is 0 Å². The monoisotopic (exact) mass is 306 g/mol. The van der Waals surface area contributed by atoms with Crippen LogP contribution in [0, 0.1) is 5.41 Å². The summed E-state index contributed by atoms with van der Waals surface area (Å²) >= 11 is 0. The van der Waals surface area contributed by atoms with Crippen LogP contribution in [-0.4, -0.2) is 22.4 Å². The minimum Gasteiger partial charge on any atom is -0.370 e. The van der Waals surface area contributed by atoms with Crippen molar-refractivity contribution < 1.29 is 0 Å². The summed E-state index contributed by atoms with van der Waals surface area (Å²) in [5.41, 5.74) is 6.51. The number of rotatable bonds is 3. The number of hydrogen-bond acceptors (Lipinski definition) is 2. The highest BCUT2D eigenvalue weighted by Crippen LogP contribution is 2.01. The molecule has 0 aliphatic heterocycles. The number of pyridine rings is 1. The number of nitrogens with two attached hydrogens (primary N) is 1. The molecule has 0 fully saturated rings. The molecule has 0 aliphatic rings. The van der Waals surface area contributed by atoms with Gasteiger partial charge in [0.25, 0.3) is 0 Å². The van der Waals surface area contributed by atoms with Crippen LogP contribution < -0.4 is 5.73 Å². The summed E-state index contributed by atoms with van der Waals surface area (Å²) in [7, 11) is 0. The molecule has 0 atom stereocenters. The zero-order chi connectivity index (χ0) is 9.68. The molecule has 1 heterocycles. The van der Waals surface area contributed by atoms with E-state index in [0.29, 0.717) is 6.54 Å². The van der Waals surface area contributed by atoms with Crippen molar-refractivity contribution in [3.63, 3.8) is 0 Å². The summed E-state index contributed by atoms with van der Waals surface area (Å²) in [6.45, 7) is 3.40. The highest BCUT2D eigenvalue weighted by atomic mass is 127. The Bertz CT molecular complexity index is 275. The van der Waals surface area contributed by atoms with E-state index in [9.17, 15) is 0 Å². The fourth-order valence-corrected chi connectivity index (χ4v) is 1.08.